The molecule has 0 aromatic carbocycles. The molecule has 1 unspecified atom stereocenters. The van der Waals surface area contributed by atoms with Crippen molar-refractivity contribution in [3.05, 3.63) is 40.9 Å². The second-order valence-electron chi connectivity index (χ2n) is 5.53. The lowest BCUT2D eigenvalue weighted by Crippen LogP contribution is -2.27. The van der Waals surface area contributed by atoms with E-state index in [4.69, 9.17) is 11.6 Å². The second-order valence-corrected chi connectivity index (χ2v) is 5.94. The molecule has 2 aromatic rings. The van der Waals surface area contributed by atoms with Crippen LogP contribution < -0.4 is 10.2 Å². The predicted octanol–water partition coefficient (Wildman–Crippen LogP) is 3.09. The highest BCUT2D eigenvalue weighted by molar-refractivity contribution is 6.32. The molecule has 5 nitrogen and oxygen atoms in total. The van der Waals surface area contributed by atoms with Gasteiger partial charge in [-0.1, -0.05) is 18.5 Å². The number of nitrogens with zero attached hydrogens (tertiary/aromatic N) is 4. The van der Waals surface area contributed by atoms with Gasteiger partial charge in [-0.05, 0) is 31.9 Å². The highest BCUT2D eigenvalue weighted by Gasteiger charge is 2.25. The van der Waals surface area contributed by atoms with Gasteiger partial charge in [0.1, 0.15) is 17.5 Å². The van der Waals surface area contributed by atoms with Crippen molar-refractivity contribution < 1.29 is 0 Å². The Labute approximate surface area is 135 Å². The van der Waals surface area contributed by atoms with Crippen LogP contribution in [0.25, 0.3) is 0 Å². The van der Waals surface area contributed by atoms with Gasteiger partial charge in [0, 0.05) is 37.1 Å². The Morgan fingerprint density at radius 2 is 2.27 bits per heavy atom. The molecule has 1 aliphatic rings. The molecule has 1 atom stereocenters. The molecule has 0 bridgehead atoms. The normalized spacial score (nSPS) is 17.8. The summed E-state index contributed by atoms with van der Waals surface area (Å²) in [6.45, 7) is 5.85. The summed E-state index contributed by atoms with van der Waals surface area (Å²) in [5.41, 5.74) is 1.07. The van der Waals surface area contributed by atoms with Gasteiger partial charge >= 0.3 is 0 Å². The molecule has 116 valence electrons. The highest BCUT2D eigenvalue weighted by atomic mass is 35.5. The summed E-state index contributed by atoms with van der Waals surface area (Å²) in [5.74, 6) is 2.58. The zero-order chi connectivity index (χ0) is 15.5. The molecule has 6 heteroatoms. The van der Waals surface area contributed by atoms with Crippen LogP contribution >= 0.6 is 11.6 Å². The second kappa shape index (κ2) is 6.48. The molecule has 3 rings (SSSR count). The van der Waals surface area contributed by atoms with Gasteiger partial charge in [0.05, 0.1) is 5.02 Å². The standard InChI is InChI=1S/C16H20ClN5/c1-3-12-9-15(20-11(2)19-12)21-13-6-8-22(10-13)16-14(17)5-4-7-18-16/h4-5,7,9,13H,3,6,8,10H2,1-2H3,(H,19,20,21). The Morgan fingerprint density at radius 3 is 3.05 bits per heavy atom. The van der Waals surface area contributed by atoms with E-state index in [-0.39, 0.29) is 0 Å². The van der Waals surface area contributed by atoms with Gasteiger partial charge in [-0.2, -0.15) is 0 Å². The van der Waals surface area contributed by atoms with Crippen molar-refractivity contribution in [1.29, 1.82) is 0 Å². The van der Waals surface area contributed by atoms with Gasteiger partial charge in [0.2, 0.25) is 0 Å². The third kappa shape index (κ3) is 3.30. The Balaban J connectivity index is 1.69. The minimum Gasteiger partial charge on any atom is -0.365 e. The van der Waals surface area contributed by atoms with E-state index in [9.17, 15) is 0 Å². The van der Waals surface area contributed by atoms with Crippen molar-refractivity contribution in [3.63, 3.8) is 0 Å². The van der Waals surface area contributed by atoms with Gasteiger partial charge in [0.15, 0.2) is 0 Å². The fourth-order valence-electron chi connectivity index (χ4n) is 2.77. The average molecular weight is 318 g/mol. The minimum atomic E-state index is 0.345. The topological polar surface area (TPSA) is 53.9 Å². The molecule has 2 aromatic heterocycles. The summed E-state index contributed by atoms with van der Waals surface area (Å²) in [6, 6.07) is 6.11. The summed E-state index contributed by atoms with van der Waals surface area (Å²) < 4.78 is 0. The van der Waals surface area contributed by atoms with Crippen molar-refractivity contribution in [2.45, 2.75) is 32.7 Å². The molecule has 3 heterocycles. The first-order chi connectivity index (χ1) is 10.7. The predicted molar refractivity (Wildman–Crippen MR) is 89.6 cm³/mol. The van der Waals surface area contributed by atoms with Gasteiger partial charge < -0.3 is 10.2 Å². The third-order valence-corrected chi connectivity index (χ3v) is 4.13. The molecule has 22 heavy (non-hydrogen) atoms. The van der Waals surface area contributed by atoms with E-state index in [0.717, 1.165) is 49.1 Å². The molecular weight excluding hydrogens is 298 g/mol. The van der Waals surface area contributed by atoms with Crippen LogP contribution in [0.1, 0.15) is 24.9 Å². The maximum Gasteiger partial charge on any atom is 0.147 e. The first kappa shape index (κ1) is 15.0. The Kier molecular flexibility index (Phi) is 4.43. The monoisotopic (exact) mass is 317 g/mol. The molecule has 0 spiro atoms. The van der Waals surface area contributed by atoms with E-state index in [1.807, 2.05) is 25.1 Å². The molecule has 0 amide bonds. The zero-order valence-corrected chi connectivity index (χ0v) is 13.6. The number of anilines is 2. The lowest BCUT2D eigenvalue weighted by atomic mass is 10.2. The van der Waals surface area contributed by atoms with Crippen LogP contribution in [-0.4, -0.2) is 34.1 Å². The number of nitrogens with one attached hydrogen (secondary N) is 1. The summed E-state index contributed by atoms with van der Waals surface area (Å²) in [4.78, 5) is 15.5. The Hall–Kier alpha value is -1.88. The van der Waals surface area contributed by atoms with Crippen LogP contribution in [0.4, 0.5) is 11.6 Å². The Morgan fingerprint density at radius 1 is 1.41 bits per heavy atom. The number of hydrogen-bond acceptors (Lipinski definition) is 5. The van der Waals surface area contributed by atoms with E-state index in [1.54, 1.807) is 6.20 Å². The van der Waals surface area contributed by atoms with Crippen molar-refractivity contribution in [2.24, 2.45) is 0 Å². The van der Waals surface area contributed by atoms with Crippen molar-refractivity contribution in [1.82, 2.24) is 15.0 Å². The van der Waals surface area contributed by atoms with Crippen LogP contribution in [0, 0.1) is 6.92 Å². The lowest BCUT2D eigenvalue weighted by molar-refractivity contribution is 0.794. The van der Waals surface area contributed by atoms with Crippen LogP contribution in [0.2, 0.25) is 5.02 Å². The molecule has 1 fully saturated rings. The number of hydrogen-bond donors (Lipinski definition) is 1. The van der Waals surface area contributed by atoms with E-state index >= 15 is 0 Å². The molecule has 0 aliphatic carbocycles. The van der Waals surface area contributed by atoms with E-state index < -0.39 is 0 Å². The number of aromatic nitrogens is 3. The van der Waals surface area contributed by atoms with Crippen LogP contribution in [0.3, 0.4) is 0 Å². The third-order valence-electron chi connectivity index (χ3n) is 3.83. The van der Waals surface area contributed by atoms with Gasteiger partial charge in [-0.3, -0.25) is 0 Å². The smallest absolute Gasteiger partial charge is 0.147 e. The molecule has 1 saturated heterocycles. The average Bonchev–Trinajstić information content (AvgIpc) is 2.95. The molecule has 1 aliphatic heterocycles. The summed E-state index contributed by atoms with van der Waals surface area (Å²) in [5, 5.41) is 4.22. The summed E-state index contributed by atoms with van der Waals surface area (Å²) in [7, 11) is 0. The molecule has 1 N–H and O–H groups in total. The number of aryl methyl sites for hydroxylation is 2. The summed E-state index contributed by atoms with van der Waals surface area (Å²) in [6.07, 6.45) is 3.74. The SMILES string of the molecule is CCc1cc(NC2CCN(c3ncccc3Cl)C2)nc(C)n1. The van der Waals surface area contributed by atoms with Gasteiger partial charge in [-0.25, -0.2) is 15.0 Å². The van der Waals surface area contributed by atoms with Crippen LogP contribution in [-0.2, 0) is 6.42 Å². The van der Waals surface area contributed by atoms with Crippen molar-refractivity contribution in [3.8, 4) is 0 Å². The van der Waals surface area contributed by atoms with Crippen LogP contribution in [0.5, 0.6) is 0 Å². The minimum absolute atomic E-state index is 0.345. The largest absolute Gasteiger partial charge is 0.365 e. The highest BCUT2D eigenvalue weighted by Crippen LogP contribution is 2.26. The van der Waals surface area contributed by atoms with Gasteiger partial charge in [0.25, 0.3) is 0 Å². The zero-order valence-electron chi connectivity index (χ0n) is 12.9. The Bertz CT molecular complexity index is 661. The number of pyridine rings is 1. The fourth-order valence-corrected chi connectivity index (χ4v) is 3.02. The van der Waals surface area contributed by atoms with Crippen molar-refractivity contribution in [2.75, 3.05) is 23.3 Å². The molecular formula is C16H20ClN5. The van der Waals surface area contributed by atoms with E-state index in [1.165, 1.54) is 0 Å². The van der Waals surface area contributed by atoms with Crippen molar-refractivity contribution >= 4 is 23.2 Å². The van der Waals surface area contributed by atoms with E-state index in [0.29, 0.717) is 11.1 Å². The first-order valence-corrected chi connectivity index (χ1v) is 8.00. The quantitative estimate of drug-likeness (QED) is 0.939. The molecule has 0 radical (unpaired) electrons. The maximum absolute atomic E-state index is 6.23. The van der Waals surface area contributed by atoms with E-state index in [2.05, 4.69) is 32.1 Å². The number of halogens is 1. The van der Waals surface area contributed by atoms with Gasteiger partial charge in [-0.15, -0.1) is 0 Å². The summed E-state index contributed by atoms with van der Waals surface area (Å²) >= 11 is 6.23. The maximum atomic E-state index is 6.23. The van der Waals surface area contributed by atoms with Crippen LogP contribution in [0.15, 0.2) is 24.4 Å². The fraction of sp³-hybridized carbons (Fsp3) is 0.438. The lowest BCUT2D eigenvalue weighted by Gasteiger charge is -2.19. The molecule has 0 saturated carbocycles. The number of rotatable bonds is 4. The first-order valence-electron chi connectivity index (χ1n) is 7.62.